The Balaban J connectivity index is 1.81. The van der Waals surface area contributed by atoms with Gasteiger partial charge in [-0.3, -0.25) is 9.62 Å². The molecule has 7 heteroatoms. The molecule has 2 aromatic rings. The van der Waals surface area contributed by atoms with Crippen LogP contribution in [0.1, 0.15) is 37.8 Å². The van der Waals surface area contributed by atoms with E-state index < -0.39 is 10.0 Å². The Morgan fingerprint density at radius 1 is 1.15 bits per heavy atom. The normalized spacial score (nSPS) is 13.6. The summed E-state index contributed by atoms with van der Waals surface area (Å²) in [4.78, 5) is 13.9. The van der Waals surface area contributed by atoms with Gasteiger partial charge in [-0.15, -0.1) is 0 Å². The average molecular weight is 388 g/mol. The van der Waals surface area contributed by atoms with Crippen LogP contribution in [0.3, 0.4) is 0 Å². The van der Waals surface area contributed by atoms with Gasteiger partial charge >= 0.3 is 6.03 Å². The molecule has 0 fully saturated rings. The number of nitrogens with one attached hydrogen (secondary N) is 2. The maximum atomic E-state index is 12.7. The number of carbonyl (C=O) groups is 1. The van der Waals surface area contributed by atoms with Gasteiger partial charge in [-0.05, 0) is 60.7 Å². The first-order chi connectivity index (χ1) is 12.8. The van der Waals surface area contributed by atoms with Crippen molar-refractivity contribution in [1.82, 2.24) is 5.32 Å². The van der Waals surface area contributed by atoms with Gasteiger partial charge in [0.05, 0.1) is 4.90 Å². The van der Waals surface area contributed by atoms with Crippen molar-refractivity contribution in [2.24, 2.45) is 0 Å². The van der Waals surface area contributed by atoms with E-state index in [1.807, 2.05) is 19.1 Å². The molecule has 0 saturated carbocycles. The van der Waals surface area contributed by atoms with E-state index in [0.717, 1.165) is 16.8 Å². The molecule has 0 radical (unpaired) electrons. The van der Waals surface area contributed by atoms with Crippen molar-refractivity contribution in [3.8, 4) is 0 Å². The number of hydrogen-bond donors (Lipinski definition) is 2. The van der Waals surface area contributed by atoms with Gasteiger partial charge in [-0.2, -0.15) is 0 Å². The first-order valence-corrected chi connectivity index (χ1v) is 10.6. The third-order valence-corrected chi connectivity index (χ3v) is 6.04. The summed E-state index contributed by atoms with van der Waals surface area (Å²) in [5.74, 6) is 0.389. The Hall–Kier alpha value is -2.54. The minimum absolute atomic E-state index is 0.157. The first kappa shape index (κ1) is 19.2. The van der Waals surface area contributed by atoms with Crippen LogP contribution < -0.4 is 14.9 Å². The first-order valence-electron chi connectivity index (χ1n) is 9.13. The summed E-state index contributed by atoms with van der Waals surface area (Å²) >= 11 is 0. The monoisotopic (exact) mass is 387 g/mol. The van der Waals surface area contributed by atoms with Crippen molar-refractivity contribution in [3.05, 3.63) is 53.6 Å². The van der Waals surface area contributed by atoms with E-state index in [1.54, 1.807) is 35.2 Å². The van der Waals surface area contributed by atoms with Crippen LogP contribution in [0.4, 0.5) is 16.2 Å². The highest BCUT2D eigenvalue weighted by molar-refractivity contribution is 7.92. The van der Waals surface area contributed by atoms with E-state index in [9.17, 15) is 13.2 Å². The lowest BCUT2D eigenvalue weighted by Crippen LogP contribution is -2.38. The molecule has 0 aromatic heterocycles. The fourth-order valence-electron chi connectivity index (χ4n) is 3.15. The Morgan fingerprint density at radius 2 is 1.85 bits per heavy atom. The minimum Gasteiger partial charge on any atom is -0.338 e. The van der Waals surface area contributed by atoms with Gasteiger partial charge < -0.3 is 5.32 Å². The fourth-order valence-corrected chi connectivity index (χ4v) is 4.26. The fraction of sp³-hybridized carbons (Fsp3) is 0.350. The number of rotatable bonds is 5. The van der Waals surface area contributed by atoms with Gasteiger partial charge in [-0.25, -0.2) is 13.2 Å². The molecule has 27 heavy (non-hydrogen) atoms. The molecule has 0 spiro atoms. The van der Waals surface area contributed by atoms with Crippen LogP contribution in [-0.2, 0) is 16.4 Å². The topological polar surface area (TPSA) is 78.5 Å². The molecule has 2 amide bonds. The van der Waals surface area contributed by atoms with Crippen LogP contribution in [0, 0.1) is 0 Å². The van der Waals surface area contributed by atoms with Crippen molar-refractivity contribution in [2.75, 3.05) is 22.7 Å². The van der Waals surface area contributed by atoms with E-state index in [-0.39, 0.29) is 10.9 Å². The Kier molecular flexibility index (Phi) is 5.41. The molecule has 1 heterocycles. The van der Waals surface area contributed by atoms with Crippen molar-refractivity contribution in [1.29, 1.82) is 0 Å². The van der Waals surface area contributed by atoms with Crippen molar-refractivity contribution < 1.29 is 13.2 Å². The summed E-state index contributed by atoms with van der Waals surface area (Å²) in [5.41, 5.74) is 3.31. The molecule has 2 aromatic carbocycles. The third-order valence-electron chi connectivity index (χ3n) is 4.66. The zero-order valence-electron chi connectivity index (χ0n) is 15.8. The van der Waals surface area contributed by atoms with Crippen LogP contribution in [0.5, 0.6) is 0 Å². The smallest absolute Gasteiger partial charge is 0.321 e. The molecular formula is C20H25N3O3S. The quantitative estimate of drug-likeness (QED) is 0.821. The molecule has 6 nitrogen and oxygen atoms in total. The molecule has 2 N–H and O–H groups in total. The molecule has 1 aliphatic rings. The lowest BCUT2D eigenvalue weighted by Gasteiger charge is -2.17. The number of urea groups is 1. The number of hydrogen-bond acceptors (Lipinski definition) is 3. The van der Waals surface area contributed by atoms with Crippen LogP contribution in [0.2, 0.25) is 0 Å². The largest absolute Gasteiger partial charge is 0.338 e. The number of anilines is 2. The second-order valence-corrected chi connectivity index (χ2v) is 8.59. The number of sulfonamides is 1. The van der Waals surface area contributed by atoms with Crippen molar-refractivity contribution in [2.45, 2.75) is 38.0 Å². The second-order valence-electron chi connectivity index (χ2n) is 6.91. The summed E-state index contributed by atoms with van der Waals surface area (Å²) < 4.78 is 28.1. The van der Waals surface area contributed by atoms with Gasteiger partial charge in [0.25, 0.3) is 10.0 Å². The summed E-state index contributed by atoms with van der Waals surface area (Å²) in [5, 5.41) is 2.77. The van der Waals surface area contributed by atoms with Crippen LogP contribution in [-0.4, -0.2) is 27.5 Å². The lowest BCUT2D eigenvalue weighted by atomic mass is 10.0. The molecule has 144 valence electrons. The Labute approximate surface area is 160 Å². The predicted molar refractivity (Wildman–Crippen MR) is 108 cm³/mol. The summed E-state index contributed by atoms with van der Waals surface area (Å²) in [6.45, 7) is 7.15. The molecule has 0 bridgehead atoms. The molecule has 3 rings (SSSR count). The van der Waals surface area contributed by atoms with Gasteiger partial charge in [-0.1, -0.05) is 26.0 Å². The highest BCUT2D eigenvalue weighted by Gasteiger charge is 2.26. The summed E-state index contributed by atoms with van der Waals surface area (Å²) in [6, 6.07) is 12.1. The van der Waals surface area contributed by atoms with Gasteiger partial charge in [0.2, 0.25) is 0 Å². The maximum absolute atomic E-state index is 12.7. The van der Waals surface area contributed by atoms with Gasteiger partial charge in [0.1, 0.15) is 0 Å². The highest BCUT2D eigenvalue weighted by atomic mass is 32.2. The third kappa shape index (κ3) is 4.08. The van der Waals surface area contributed by atoms with Crippen molar-refractivity contribution in [3.63, 3.8) is 0 Å². The van der Waals surface area contributed by atoms with Gasteiger partial charge in [0, 0.05) is 24.5 Å². The number of fused-ring (bicyclic) bond motifs is 1. The SMILES string of the molecule is CCNC(=O)N1CCc2cc(S(=O)(=O)Nc3ccc(C(C)C)cc3)ccc21. The summed E-state index contributed by atoms with van der Waals surface area (Å²) in [7, 11) is -3.69. The lowest BCUT2D eigenvalue weighted by molar-refractivity contribution is 0.247. The van der Waals surface area contributed by atoms with E-state index in [0.29, 0.717) is 31.1 Å². The Bertz CT molecular complexity index is 937. The van der Waals surface area contributed by atoms with Gasteiger partial charge in [0.15, 0.2) is 0 Å². The molecular weight excluding hydrogens is 362 g/mol. The number of nitrogens with zero attached hydrogens (tertiary/aromatic N) is 1. The van der Waals surface area contributed by atoms with E-state index in [1.165, 1.54) is 0 Å². The molecule has 0 atom stereocenters. The van der Waals surface area contributed by atoms with E-state index in [2.05, 4.69) is 23.9 Å². The molecule has 0 unspecified atom stereocenters. The molecule has 0 saturated heterocycles. The zero-order chi connectivity index (χ0) is 19.6. The van der Waals surface area contributed by atoms with Crippen LogP contribution >= 0.6 is 0 Å². The minimum atomic E-state index is -3.69. The standard InChI is InChI=1S/C20H25N3O3S/c1-4-21-20(24)23-12-11-16-13-18(9-10-19(16)23)27(25,26)22-17-7-5-15(6-8-17)14(2)3/h5-10,13-14,22H,4,11-12H2,1-3H3,(H,21,24). The molecule has 0 aliphatic carbocycles. The van der Waals surface area contributed by atoms with E-state index >= 15 is 0 Å². The Morgan fingerprint density at radius 3 is 2.48 bits per heavy atom. The average Bonchev–Trinajstić information content (AvgIpc) is 3.05. The second kappa shape index (κ2) is 7.60. The number of amides is 2. The van der Waals surface area contributed by atoms with Crippen LogP contribution in [0.15, 0.2) is 47.4 Å². The van der Waals surface area contributed by atoms with Crippen LogP contribution in [0.25, 0.3) is 0 Å². The predicted octanol–water partition coefficient (Wildman–Crippen LogP) is 3.70. The van der Waals surface area contributed by atoms with E-state index in [4.69, 9.17) is 0 Å². The maximum Gasteiger partial charge on any atom is 0.321 e. The number of carbonyl (C=O) groups excluding carboxylic acids is 1. The molecule has 1 aliphatic heterocycles. The van der Waals surface area contributed by atoms with Crippen molar-refractivity contribution >= 4 is 27.4 Å². The zero-order valence-corrected chi connectivity index (χ0v) is 16.6. The highest BCUT2D eigenvalue weighted by Crippen LogP contribution is 2.31. The number of benzene rings is 2. The summed E-state index contributed by atoms with van der Waals surface area (Å²) in [6.07, 6.45) is 0.638.